The molecule has 0 fully saturated rings. The van der Waals surface area contributed by atoms with Gasteiger partial charge in [-0.05, 0) is 6.92 Å². The molecule has 74 valence electrons. The predicted molar refractivity (Wildman–Crippen MR) is 52.7 cm³/mol. The Kier molecular flexibility index (Phi) is 2.65. The van der Waals surface area contributed by atoms with Crippen molar-refractivity contribution in [3.8, 4) is 0 Å². The lowest BCUT2D eigenvalue weighted by Crippen LogP contribution is -2.47. The van der Waals surface area contributed by atoms with Gasteiger partial charge in [0.15, 0.2) is 0 Å². The van der Waals surface area contributed by atoms with Gasteiger partial charge in [0.25, 0.3) is 7.98 Å². The van der Waals surface area contributed by atoms with Crippen LogP contribution in [0, 0.1) is 28.6 Å². The number of anilines is 1. The fourth-order valence-electron chi connectivity index (χ4n) is 1.17. The van der Waals surface area contributed by atoms with Gasteiger partial charge in [-0.15, -0.1) is 0 Å². The van der Waals surface area contributed by atoms with Crippen molar-refractivity contribution in [3.05, 3.63) is 32.3 Å². The van der Waals surface area contributed by atoms with Crippen LogP contribution in [0.25, 0.3) is 0 Å². The standard InChI is InChI=1S/C8H9BN6/c1-2-3(10)4(11)5(12)6(13)7(14)8(2)15-9/h11-14H,10H2,1H3. The van der Waals surface area contributed by atoms with Crippen LogP contribution in [0.4, 0.5) is 5.69 Å². The molecule has 0 unspecified atom stereocenters. The molecule has 0 aliphatic carbocycles. The summed E-state index contributed by atoms with van der Waals surface area (Å²) < 4.78 is 0. The summed E-state index contributed by atoms with van der Waals surface area (Å²) in [5.74, 6) is 0. The molecule has 0 spiro atoms. The monoisotopic (exact) mass is 200 g/mol. The highest BCUT2D eigenvalue weighted by Gasteiger charge is 2.02. The van der Waals surface area contributed by atoms with Crippen LogP contribution in [0.1, 0.15) is 5.56 Å². The van der Waals surface area contributed by atoms with Crippen LogP contribution in [0.15, 0.2) is 4.90 Å². The molecule has 0 aromatic heterocycles. The number of rotatable bonds is 0. The van der Waals surface area contributed by atoms with Crippen molar-refractivity contribution in [1.29, 1.82) is 21.6 Å². The van der Waals surface area contributed by atoms with E-state index in [1.807, 2.05) is 0 Å². The molecule has 0 bridgehead atoms. The molecule has 7 heteroatoms. The lowest BCUT2D eigenvalue weighted by Gasteiger charge is -1.92. The molecular formula is C8H9BN6. The molecule has 0 amide bonds. The number of hydrogen-bond acceptors (Lipinski definition) is 6. The lowest BCUT2D eigenvalue weighted by atomic mass is 10.2. The van der Waals surface area contributed by atoms with Crippen LogP contribution in [-0.2, 0) is 0 Å². The van der Waals surface area contributed by atoms with Crippen molar-refractivity contribution in [3.63, 3.8) is 0 Å². The van der Waals surface area contributed by atoms with Gasteiger partial charge in [-0.1, -0.05) is 0 Å². The van der Waals surface area contributed by atoms with Crippen molar-refractivity contribution >= 4 is 13.7 Å². The van der Waals surface area contributed by atoms with E-state index in [9.17, 15) is 0 Å². The number of hydrogen-bond donors (Lipinski definition) is 5. The lowest BCUT2D eigenvalue weighted by molar-refractivity contribution is 1.02. The van der Waals surface area contributed by atoms with E-state index in [0.29, 0.717) is 5.56 Å². The fourth-order valence-corrected chi connectivity index (χ4v) is 1.17. The highest BCUT2D eigenvalue weighted by atomic mass is 14.7. The minimum Gasteiger partial charge on any atom is -0.397 e. The summed E-state index contributed by atoms with van der Waals surface area (Å²) in [7, 11) is 5.09. The molecule has 6 nitrogen and oxygen atoms in total. The van der Waals surface area contributed by atoms with Gasteiger partial charge in [0.2, 0.25) is 0 Å². The molecule has 0 atom stereocenters. The molecule has 6 N–H and O–H groups in total. The predicted octanol–water partition coefficient (Wildman–Crippen LogP) is -2.65. The van der Waals surface area contributed by atoms with E-state index in [0.717, 1.165) is 0 Å². The molecule has 0 saturated carbocycles. The van der Waals surface area contributed by atoms with Gasteiger partial charge in [-0.2, -0.15) is 0 Å². The first-order chi connectivity index (χ1) is 6.91. The van der Waals surface area contributed by atoms with Crippen molar-refractivity contribution < 1.29 is 0 Å². The van der Waals surface area contributed by atoms with E-state index in [-0.39, 0.29) is 21.8 Å². The Morgan fingerprint density at radius 2 is 1.47 bits per heavy atom. The quantitative estimate of drug-likeness (QED) is 0.287. The van der Waals surface area contributed by atoms with Crippen LogP contribution in [0.2, 0.25) is 0 Å². The first-order valence-electron chi connectivity index (χ1n) is 4.02. The SMILES string of the molecule is [B]N=c1c(C)c(N)c(=N)c(=N)c(=N)c1=N. The maximum atomic E-state index is 7.57. The minimum atomic E-state index is -0.399. The summed E-state index contributed by atoms with van der Waals surface area (Å²) in [5, 5.41) is 28.7. The van der Waals surface area contributed by atoms with E-state index in [2.05, 4.69) is 4.90 Å². The van der Waals surface area contributed by atoms with Crippen molar-refractivity contribution in [1.82, 2.24) is 0 Å². The number of nitrogen functional groups attached to an aromatic ring is 1. The summed E-state index contributed by atoms with van der Waals surface area (Å²) in [5.41, 5.74) is 5.96. The molecular weight excluding hydrogens is 191 g/mol. The summed E-state index contributed by atoms with van der Waals surface area (Å²) in [6.45, 7) is 1.55. The molecule has 0 aliphatic heterocycles. The van der Waals surface area contributed by atoms with Crippen molar-refractivity contribution in [2.75, 3.05) is 5.73 Å². The van der Waals surface area contributed by atoms with E-state index >= 15 is 0 Å². The molecule has 1 aromatic carbocycles. The Morgan fingerprint density at radius 3 is 1.93 bits per heavy atom. The second-order valence-corrected chi connectivity index (χ2v) is 3.02. The summed E-state index contributed by atoms with van der Waals surface area (Å²) in [6.07, 6.45) is 0. The van der Waals surface area contributed by atoms with Crippen LogP contribution < -0.4 is 32.5 Å². The number of nitrogens with zero attached hydrogens (tertiary/aromatic N) is 1. The highest BCUT2D eigenvalue weighted by Crippen LogP contribution is 1.90. The zero-order valence-corrected chi connectivity index (χ0v) is 8.10. The van der Waals surface area contributed by atoms with E-state index < -0.39 is 10.7 Å². The molecule has 1 aromatic rings. The van der Waals surface area contributed by atoms with Gasteiger partial charge in [-0.25, -0.2) is 0 Å². The number of nitrogens with one attached hydrogen (secondary N) is 4. The van der Waals surface area contributed by atoms with Gasteiger partial charge >= 0.3 is 0 Å². The zero-order valence-electron chi connectivity index (χ0n) is 8.10. The molecule has 0 aliphatic rings. The molecule has 0 heterocycles. The Bertz CT molecular complexity index is 680. The van der Waals surface area contributed by atoms with Crippen LogP contribution >= 0.6 is 0 Å². The van der Waals surface area contributed by atoms with Crippen LogP contribution in [-0.4, -0.2) is 7.98 Å². The molecule has 2 radical (unpaired) electrons. The summed E-state index contributed by atoms with van der Waals surface area (Å²) >= 11 is 0. The zero-order chi connectivity index (χ0) is 11.7. The summed E-state index contributed by atoms with van der Waals surface area (Å²) in [4.78, 5) is 3.36. The average Bonchev–Trinajstić information content (AvgIpc) is 2.28. The van der Waals surface area contributed by atoms with Gasteiger partial charge < -0.3 is 10.6 Å². The Labute approximate surface area is 86.0 Å². The first kappa shape index (κ1) is 11.0. The van der Waals surface area contributed by atoms with E-state index in [1.54, 1.807) is 6.92 Å². The average molecular weight is 200 g/mol. The van der Waals surface area contributed by atoms with E-state index in [4.69, 9.17) is 35.4 Å². The largest absolute Gasteiger partial charge is 0.397 e. The van der Waals surface area contributed by atoms with Gasteiger partial charge in [0.1, 0.15) is 21.4 Å². The van der Waals surface area contributed by atoms with E-state index in [1.165, 1.54) is 0 Å². The van der Waals surface area contributed by atoms with Gasteiger partial charge in [-0.3, -0.25) is 21.6 Å². The third-order valence-corrected chi connectivity index (χ3v) is 2.14. The Hall–Kier alpha value is -2.05. The fraction of sp³-hybridized carbons (Fsp3) is 0.125. The minimum absolute atomic E-state index is 0.0243. The number of nitrogens with two attached hydrogens (primary N) is 1. The van der Waals surface area contributed by atoms with Crippen molar-refractivity contribution in [2.24, 2.45) is 4.90 Å². The maximum Gasteiger partial charge on any atom is 0.260 e. The third-order valence-electron chi connectivity index (χ3n) is 2.14. The molecule has 0 saturated heterocycles. The summed E-state index contributed by atoms with van der Waals surface area (Å²) in [6, 6.07) is 0. The highest BCUT2D eigenvalue weighted by molar-refractivity contribution is 6.05. The van der Waals surface area contributed by atoms with Crippen LogP contribution in [0.3, 0.4) is 0 Å². The van der Waals surface area contributed by atoms with Gasteiger partial charge in [0.05, 0.1) is 11.0 Å². The second-order valence-electron chi connectivity index (χ2n) is 3.02. The third kappa shape index (κ3) is 1.52. The van der Waals surface area contributed by atoms with Crippen molar-refractivity contribution in [2.45, 2.75) is 6.92 Å². The normalized spacial score (nSPS) is 11.7. The van der Waals surface area contributed by atoms with Crippen LogP contribution in [0.5, 0.6) is 0 Å². The molecule has 1 rings (SSSR count). The topological polar surface area (TPSA) is 134 Å². The Balaban J connectivity index is 4.45. The van der Waals surface area contributed by atoms with Gasteiger partial charge in [0, 0.05) is 5.56 Å². The first-order valence-corrected chi connectivity index (χ1v) is 4.02. The second kappa shape index (κ2) is 3.60. The molecule has 15 heavy (non-hydrogen) atoms. The smallest absolute Gasteiger partial charge is 0.260 e. The Morgan fingerprint density at radius 1 is 1.00 bits per heavy atom. The maximum absolute atomic E-state index is 7.57.